The number of carbonyl (C=O) groups is 1. The van der Waals surface area contributed by atoms with E-state index in [0.717, 1.165) is 17.7 Å². The lowest BCUT2D eigenvalue weighted by atomic mass is 10.3. The van der Waals surface area contributed by atoms with Gasteiger partial charge in [-0.15, -0.1) is 11.8 Å². The molecule has 2 aromatic rings. The van der Waals surface area contributed by atoms with Gasteiger partial charge in [-0.3, -0.25) is 4.79 Å². The molecule has 1 amide bonds. The van der Waals surface area contributed by atoms with Gasteiger partial charge in [0, 0.05) is 23.7 Å². The average molecular weight is 377 g/mol. The number of rotatable bonds is 6. The Kier molecular flexibility index (Phi) is 5.78. The summed E-state index contributed by atoms with van der Waals surface area (Å²) in [6.07, 6.45) is 1.82. The first kappa shape index (κ1) is 18.0. The van der Waals surface area contributed by atoms with E-state index in [9.17, 15) is 13.2 Å². The van der Waals surface area contributed by atoms with E-state index in [1.807, 2.05) is 30.3 Å². The molecule has 1 saturated heterocycles. The zero-order chi connectivity index (χ0) is 17.7. The fraction of sp³-hybridized carbons (Fsp3) is 0.278. The molecular weight excluding hydrogens is 356 g/mol. The number of hydrogen-bond donors (Lipinski definition) is 1. The number of thioether (sulfide) groups is 1. The van der Waals surface area contributed by atoms with Crippen LogP contribution in [-0.2, 0) is 14.8 Å². The molecule has 1 aliphatic heterocycles. The van der Waals surface area contributed by atoms with Crippen LogP contribution in [0.15, 0.2) is 64.4 Å². The van der Waals surface area contributed by atoms with Crippen LogP contribution in [0.25, 0.3) is 0 Å². The standard InChI is InChI=1S/C18H20N2O3S2/c21-18(14-24-16-6-2-1-3-7-16)19-15-8-10-17(11-9-15)25(22,23)20-12-4-5-13-20/h1-3,6-11H,4-5,12-14H2,(H,19,21). The second-order valence-electron chi connectivity index (χ2n) is 5.79. The van der Waals surface area contributed by atoms with E-state index in [4.69, 9.17) is 0 Å². The van der Waals surface area contributed by atoms with E-state index in [-0.39, 0.29) is 10.8 Å². The lowest BCUT2D eigenvalue weighted by Gasteiger charge is -2.15. The molecule has 25 heavy (non-hydrogen) atoms. The third kappa shape index (κ3) is 4.62. The van der Waals surface area contributed by atoms with Gasteiger partial charge < -0.3 is 5.32 Å². The van der Waals surface area contributed by atoms with Gasteiger partial charge >= 0.3 is 0 Å². The SMILES string of the molecule is O=C(CSc1ccccc1)Nc1ccc(S(=O)(=O)N2CCCC2)cc1. The Morgan fingerprint density at radius 2 is 1.64 bits per heavy atom. The van der Waals surface area contributed by atoms with Gasteiger partial charge in [0.15, 0.2) is 0 Å². The number of amides is 1. The normalized spacial score (nSPS) is 15.2. The van der Waals surface area contributed by atoms with E-state index in [0.29, 0.717) is 24.5 Å². The fourth-order valence-corrected chi connectivity index (χ4v) is 4.89. The van der Waals surface area contributed by atoms with Crippen molar-refractivity contribution < 1.29 is 13.2 Å². The predicted octanol–water partition coefficient (Wildman–Crippen LogP) is 3.20. The minimum absolute atomic E-state index is 0.121. The fourth-order valence-electron chi connectivity index (χ4n) is 2.65. The molecule has 2 aromatic carbocycles. The summed E-state index contributed by atoms with van der Waals surface area (Å²) in [6.45, 7) is 1.16. The van der Waals surface area contributed by atoms with Crippen molar-refractivity contribution in [3.63, 3.8) is 0 Å². The van der Waals surface area contributed by atoms with Crippen LogP contribution in [-0.4, -0.2) is 37.5 Å². The Hall–Kier alpha value is -1.83. The summed E-state index contributed by atoms with van der Waals surface area (Å²) < 4.78 is 26.4. The number of anilines is 1. The lowest BCUT2D eigenvalue weighted by Crippen LogP contribution is -2.27. The van der Waals surface area contributed by atoms with Crippen LogP contribution < -0.4 is 5.32 Å². The summed E-state index contributed by atoms with van der Waals surface area (Å²) in [5.74, 6) is 0.182. The number of hydrogen-bond acceptors (Lipinski definition) is 4. The van der Waals surface area contributed by atoms with Crippen LogP contribution in [0.2, 0.25) is 0 Å². The monoisotopic (exact) mass is 376 g/mol. The van der Waals surface area contributed by atoms with Crippen molar-refractivity contribution in [2.75, 3.05) is 24.2 Å². The van der Waals surface area contributed by atoms with Gasteiger partial charge in [-0.1, -0.05) is 18.2 Å². The molecule has 0 spiro atoms. The molecule has 5 nitrogen and oxygen atoms in total. The highest BCUT2D eigenvalue weighted by Gasteiger charge is 2.26. The molecule has 7 heteroatoms. The molecule has 1 heterocycles. The second-order valence-corrected chi connectivity index (χ2v) is 8.77. The molecule has 0 aliphatic carbocycles. The van der Waals surface area contributed by atoms with Crippen molar-refractivity contribution >= 4 is 33.4 Å². The first-order valence-electron chi connectivity index (χ1n) is 8.14. The quantitative estimate of drug-likeness (QED) is 0.786. The van der Waals surface area contributed by atoms with E-state index < -0.39 is 10.0 Å². The van der Waals surface area contributed by atoms with Crippen LogP contribution in [0.5, 0.6) is 0 Å². The van der Waals surface area contributed by atoms with Crippen molar-refractivity contribution in [1.82, 2.24) is 4.31 Å². The van der Waals surface area contributed by atoms with Crippen LogP contribution in [0.4, 0.5) is 5.69 Å². The molecular formula is C18H20N2O3S2. The van der Waals surface area contributed by atoms with Gasteiger partial charge in [-0.25, -0.2) is 8.42 Å². The van der Waals surface area contributed by atoms with Gasteiger partial charge in [0.2, 0.25) is 15.9 Å². The summed E-state index contributed by atoms with van der Waals surface area (Å²) in [5.41, 5.74) is 0.596. The minimum atomic E-state index is -3.41. The second kappa shape index (κ2) is 8.03. The molecule has 0 aromatic heterocycles. The zero-order valence-corrected chi connectivity index (χ0v) is 15.4. The van der Waals surface area contributed by atoms with Gasteiger partial charge in [0.1, 0.15) is 0 Å². The number of sulfonamides is 1. The summed E-state index contributed by atoms with van der Waals surface area (Å²) in [6, 6.07) is 16.1. The van der Waals surface area contributed by atoms with Gasteiger partial charge in [0.05, 0.1) is 10.6 Å². The van der Waals surface area contributed by atoms with Crippen LogP contribution in [0.3, 0.4) is 0 Å². The third-order valence-corrected chi connectivity index (χ3v) is 6.88. The van der Waals surface area contributed by atoms with Crippen molar-refractivity contribution in [1.29, 1.82) is 0 Å². The largest absolute Gasteiger partial charge is 0.325 e. The Labute approximate surface area is 152 Å². The maximum absolute atomic E-state index is 12.5. The first-order chi connectivity index (χ1) is 12.1. The van der Waals surface area contributed by atoms with Gasteiger partial charge in [-0.2, -0.15) is 4.31 Å². The molecule has 3 rings (SSSR count). The van der Waals surface area contributed by atoms with Gasteiger partial charge in [0.25, 0.3) is 0 Å². The summed E-state index contributed by atoms with van der Waals surface area (Å²) in [7, 11) is -3.41. The maximum Gasteiger partial charge on any atom is 0.243 e. The molecule has 132 valence electrons. The zero-order valence-electron chi connectivity index (χ0n) is 13.7. The molecule has 0 radical (unpaired) electrons. The summed E-state index contributed by atoms with van der Waals surface area (Å²) in [4.78, 5) is 13.3. The van der Waals surface area contributed by atoms with E-state index in [1.165, 1.54) is 16.1 Å². The number of nitrogens with zero attached hydrogens (tertiary/aromatic N) is 1. The van der Waals surface area contributed by atoms with Crippen molar-refractivity contribution in [2.45, 2.75) is 22.6 Å². The molecule has 0 bridgehead atoms. The number of nitrogens with one attached hydrogen (secondary N) is 1. The van der Waals surface area contributed by atoms with E-state index in [1.54, 1.807) is 24.3 Å². The first-order valence-corrected chi connectivity index (χ1v) is 10.6. The highest BCUT2D eigenvalue weighted by atomic mass is 32.2. The lowest BCUT2D eigenvalue weighted by molar-refractivity contribution is -0.113. The Bertz CT molecular complexity index is 815. The molecule has 0 atom stereocenters. The summed E-state index contributed by atoms with van der Waals surface area (Å²) in [5, 5.41) is 2.79. The van der Waals surface area contributed by atoms with Crippen molar-refractivity contribution in [2.24, 2.45) is 0 Å². The number of benzene rings is 2. The van der Waals surface area contributed by atoms with Gasteiger partial charge in [-0.05, 0) is 49.2 Å². The third-order valence-electron chi connectivity index (χ3n) is 3.95. The molecule has 1 fully saturated rings. The Balaban J connectivity index is 1.58. The predicted molar refractivity (Wildman–Crippen MR) is 100 cm³/mol. The smallest absolute Gasteiger partial charge is 0.243 e. The topological polar surface area (TPSA) is 66.5 Å². The van der Waals surface area contributed by atoms with Crippen LogP contribution in [0.1, 0.15) is 12.8 Å². The van der Waals surface area contributed by atoms with E-state index >= 15 is 0 Å². The molecule has 1 N–H and O–H groups in total. The Morgan fingerprint density at radius 3 is 2.28 bits per heavy atom. The highest BCUT2D eigenvalue weighted by Crippen LogP contribution is 2.22. The van der Waals surface area contributed by atoms with Crippen LogP contribution in [0, 0.1) is 0 Å². The molecule has 1 aliphatic rings. The molecule has 0 unspecified atom stereocenters. The number of carbonyl (C=O) groups excluding carboxylic acids is 1. The summed E-state index contributed by atoms with van der Waals surface area (Å²) >= 11 is 1.46. The maximum atomic E-state index is 12.5. The van der Waals surface area contributed by atoms with E-state index in [2.05, 4.69) is 5.32 Å². The highest BCUT2D eigenvalue weighted by molar-refractivity contribution is 8.00. The average Bonchev–Trinajstić information content (AvgIpc) is 3.17. The van der Waals surface area contributed by atoms with Crippen molar-refractivity contribution in [3.8, 4) is 0 Å². The van der Waals surface area contributed by atoms with Crippen molar-refractivity contribution in [3.05, 3.63) is 54.6 Å². The minimum Gasteiger partial charge on any atom is -0.325 e. The Morgan fingerprint density at radius 1 is 1.00 bits per heavy atom. The molecule has 0 saturated carbocycles. The van der Waals surface area contributed by atoms with Crippen LogP contribution >= 0.6 is 11.8 Å².